The van der Waals surface area contributed by atoms with Crippen LogP contribution in [0.1, 0.15) is 22.3 Å². The molecule has 0 unspecified atom stereocenters. The van der Waals surface area contributed by atoms with Crippen molar-refractivity contribution in [1.29, 1.82) is 0 Å². The number of rotatable bonds is 7. The van der Waals surface area contributed by atoms with Crippen LogP contribution in [0.25, 0.3) is 0 Å². The Morgan fingerprint density at radius 3 is 2.76 bits per heavy atom. The minimum Gasteiger partial charge on any atom is -0.465 e. The number of hydrogen-bond acceptors (Lipinski definition) is 6. The molecule has 0 atom stereocenters. The van der Waals surface area contributed by atoms with Crippen LogP contribution in [0.4, 0.5) is 0 Å². The molecule has 0 radical (unpaired) electrons. The van der Waals surface area contributed by atoms with E-state index in [9.17, 15) is 4.79 Å². The fourth-order valence-electron chi connectivity index (χ4n) is 2.36. The summed E-state index contributed by atoms with van der Waals surface area (Å²) >= 11 is 5.18. The van der Waals surface area contributed by atoms with Crippen molar-refractivity contribution in [2.24, 2.45) is 5.10 Å². The molecular weight excluding hydrogens is 340 g/mol. The molecule has 7 nitrogen and oxygen atoms in total. The summed E-state index contributed by atoms with van der Waals surface area (Å²) in [6, 6.07) is 6.96. The number of morpholine rings is 1. The first-order chi connectivity index (χ1) is 12.2. The van der Waals surface area contributed by atoms with Crippen molar-refractivity contribution in [3.63, 3.8) is 0 Å². The van der Waals surface area contributed by atoms with Gasteiger partial charge in [0, 0.05) is 19.6 Å². The average Bonchev–Trinajstić information content (AvgIpc) is 2.66. The molecule has 1 saturated heterocycles. The largest absolute Gasteiger partial charge is 0.465 e. The van der Waals surface area contributed by atoms with Crippen molar-refractivity contribution in [2.45, 2.75) is 6.42 Å². The van der Waals surface area contributed by atoms with E-state index in [0.717, 1.165) is 51.4 Å². The lowest BCUT2D eigenvalue weighted by Crippen LogP contribution is -2.39. The first-order valence-electron chi connectivity index (χ1n) is 8.24. The molecule has 1 aliphatic heterocycles. The summed E-state index contributed by atoms with van der Waals surface area (Å²) in [5.41, 5.74) is 4.14. The van der Waals surface area contributed by atoms with Gasteiger partial charge in [-0.2, -0.15) is 5.10 Å². The first-order valence-corrected chi connectivity index (χ1v) is 8.65. The Morgan fingerprint density at radius 1 is 1.36 bits per heavy atom. The van der Waals surface area contributed by atoms with Crippen LogP contribution in [0, 0.1) is 0 Å². The van der Waals surface area contributed by atoms with Gasteiger partial charge in [-0.25, -0.2) is 4.79 Å². The molecule has 1 fully saturated rings. The van der Waals surface area contributed by atoms with E-state index in [1.165, 1.54) is 7.11 Å². The minimum absolute atomic E-state index is 0.357. The van der Waals surface area contributed by atoms with Gasteiger partial charge in [0.15, 0.2) is 5.11 Å². The van der Waals surface area contributed by atoms with Crippen LogP contribution in [0.5, 0.6) is 0 Å². The summed E-state index contributed by atoms with van der Waals surface area (Å²) in [7, 11) is 1.36. The zero-order valence-electron chi connectivity index (χ0n) is 14.4. The van der Waals surface area contributed by atoms with Crippen molar-refractivity contribution in [3.05, 3.63) is 35.4 Å². The van der Waals surface area contributed by atoms with Gasteiger partial charge in [0.25, 0.3) is 0 Å². The second-order valence-electron chi connectivity index (χ2n) is 5.55. The predicted molar refractivity (Wildman–Crippen MR) is 101 cm³/mol. The number of esters is 1. The van der Waals surface area contributed by atoms with Gasteiger partial charge in [0.1, 0.15) is 0 Å². The number of thiocarbonyl (C=S) groups is 1. The first kappa shape index (κ1) is 19.3. The van der Waals surface area contributed by atoms with Crippen molar-refractivity contribution in [3.8, 4) is 0 Å². The zero-order valence-corrected chi connectivity index (χ0v) is 15.2. The number of hydrazone groups is 1. The lowest BCUT2D eigenvalue weighted by atomic mass is 10.1. The smallest absolute Gasteiger partial charge is 0.337 e. The molecule has 0 amide bonds. The van der Waals surface area contributed by atoms with Gasteiger partial charge >= 0.3 is 5.97 Å². The van der Waals surface area contributed by atoms with E-state index in [4.69, 9.17) is 17.0 Å². The Labute approximate surface area is 153 Å². The van der Waals surface area contributed by atoms with Crippen LogP contribution >= 0.6 is 12.2 Å². The van der Waals surface area contributed by atoms with Crippen LogP contribution in [0.2, 0.25) is 0 Å². The van der Waals surface area contributed by atoms with E-state index in [0.29, 0.717) is 10.7 Å². The Balaban J connectivity index is 1.62. The number of nitrogens with one attached hydrogen (secondary N) is 2. The number of benzene rings is 1. The maximum absolute atomic E-state index is 11.4. The van der Waals surface area contributed by atoms with Crippen molar-refractivity contribution in [2.75, 3.05) is 46.5 Å². The Hall–Kier alpha value is -2.03. The quantitative estimate of drug-likeness (QED) is 0.246. The van der Waals surface area contributed by atoms with Gasteiger partial charge in [0.05, 0.1) is 32.1 Å². The van der Waals surface area contributed by atoms with Crippen LogP contribution in [0.3, 0.4) is 0 Å². The van der Waals surface area contributed by atoms with Crippen molar-refractivity contribution in [1.82, 2.24) is 15.6 Å². The number of hydrogen-bond donors (Lipinski definition) is 2. The molecule has 2 N–H and O–H groups in total. The zero-order chi connectivity index (χ0) is 17.9. The topological polar surface area (TPSA) is 75.2 Å². The van der Waals surface area contributed by atoms with Gasteiger partial charge in [-0.05, 0) is 42.9 Å². The second-order valence-corrected chi connectivity index (χ2v) is 5.96. The Morgan fingerprint density at radius 2 is 2.08 bits per heavy atom. The SMILES string of the molecule is COC(=O)c1ccc(/C=N\NC(=S)NCCCN2CCOCC2)cc1. The summed E-state index contributed by atoms with van der Waals surface area (Å²) in [6.45, 7) is 5.48. The maximum atomic E-state index is 11.4. The summed E-state index contributed by atoms with van der Waals surface area (Å²) in [6.07, 6.45) is 2.66. The monoisotopic (exact) mass is 364 g/mol. The second kappa shape index (κ2) is 10.8. The molecule has 136 valence electrons. The van der Waals surface area contributed by atoms with E-state index in [2.05, 4.69) is 25.5 Å². The van der Waals surface area contributed by atoms with Gasteiger partial charge < -0.3 is 14.8 Å². The van der Waals surface area contributed by atoms with Gasteiger partial charge in [-0.15, -0.1) is 0 Å². The molecule has 0 bridgehead atoms. The molecule has 1 aromatic carbocycles. The Bertz CT molecular complexity index is 586. The summed E-state index contributed by atoms with van der Waals surface area (Å²) < 4.78 is 9.98. The molecule has 0 saturated carbocycles. The highest BCUT2D eigenvalue weighted by atomic mass is 32.1. The van der Waals surface area contributed by atoms with Crippen LogP contribution in [-0.4, -0.2) is 68.7 Å². The molecule has 0 aromatic heterocycles. The summed E-state index contributed by atoms with van der Waals surface area (Å²) in [5.74, 6) is -0.357. The molecule has 25 heavy (non-hydrogen) atoms. The van der Waals surface area contributed by atoms with E-state index in [1.54, 1.807) is 30.5 Å². The lowest BCUT2D eigenvalue weighted by Gasteiger charge is -2.26. The molecule has 0 aliphatic carbocycles. The molecule has 2 rings (SSSR count). The highest BCUT2D eigenvalue weighted by Crippen LogP contribution is 2.03. The van der Waals surface area contributed by atoms with Crippen LogP contribution in [-0.2, 0) is 9.47 Å². The number of carbonyl (C=O) groups is 1. The predicted octanol–water partition coefficient (Wildman–Crippen LogP) is 0.994. The third kappa shape index (κ3) is 7.16. The fourth-order valence-corrected chi connectivity index (χ4v) is 2.51. The molecule has 1 aliphatic rings. The van der Waals surface area contributed by atoms with E-state index in [1.807, 2.05) is 0 Å². The number of methoxy groups -OCH3 is 1. The van der Waals surface area contributed by atoms with Gasteiger partial charge in [-0.3, -0.25) is 10.3 Å². The van der Waals surface area contributed by atoms with E-state index in [-0.39, 0.29) is 5.97 Å². The molecule has 1 aromatic rings. The standard InChI is InChI=1S/C17H24N4O3S/c1-23-16(22)15-5-3-14(4-6-15)13-19-20-17(25)18-7-2-8-21-9-11-24-12-10-21/h3-6,13H,2,7-12H2,1H3,(H2,18,20,25)/b19-13-. The third-order valence-corrected chi connectivity index (χ3v) is 3.99. The molecule has 0 spiro atoms. The van der Waals surface area contributed by atoms with Crippen LogP contribution in [0.15, 0.2) is 29.4 Å². The third-order valence-electron chi connectivity index (χ3n) is 3.75. The summed E-state index contributed by atoms with van der Waals surface area (Å²) in [4.78, 5) is 13.7. The molecule has 1 heterocycles. The molecular formula is C17H24N4O3S. The molecule has 8 heteroatoms. The normalized spacial score (nSPS) is 15.1. The average molecular weight is 364 g/mol. The van der Waals surface area contributed by atoms with Crippen LogP contribution < -0.4 is 10.7 Å². The summed E-state index contributed by atoms with van der Waals surface area (Å²) in [5, 5.41) is 7.70. The number of ether oxygens (including phenoxy) is 2. The van der Waals surface area contributed by atoms with E-state index >= 15 is 0 Å². The van der Waals surface area contributed by atoms with Gasteiger partial charge in [-0.1, -0.05) is 12.1 Å². The van der Waals surface area contributed by atoms with Crippen molar-refractivity contribution < 1.29 is 14.3 Å². The number of nitrogens with zero attached hydrogens (tertiary/aromatic N) is 2. The van der Waals surface area contributed by atoms with Gasteiger partial charge in [0.2, 0.25) is 0 Å². The highest BCUT2D eigenvalue weighted by molar-refractivity contribution is 7.80. The van der Waals surface area contributed by atoms with Crippen molar-refractivity contribution >= 4 is 29.5 Å². The lowest BCUT2D eigenvalue weighted by molar-refractivity contribution is 0.0376. The van der Waals surface area contributed by atoms with E-state index < -0.39 is 0 Å². The number of carbonyl (C=O) groups excluding carboxylic acids is 1. The maximum Gasteiger partial charge on any atom is 0.337 e. The fraction of sp³-hybridized carbons (Fsp3) is 0.471. The Kier molecular flexibility index (Phi) is 8.30. The minimum atomic E-state index is -0.357. The highest BCUT2D eigenvalue weighted by Gasteiger charge is 2.09.